The van der Waals surface area contributed by atoms with Crippen LogP contribution in [0.25, 0.3) is 0 Å². The molecule has 0 unspecified atom stereocenters. The molecule has 0 bridgehead atoms. The van der Waals surface area contributed by atoms with Crippen molar-refractivity contribution in [3.8, 4) is 0 Å². The van der Waals surface area contributed by atoms with Gasteiger partial charge in [-0.1, -0.05) is 32.6 Å². The maximum Gasteiger partial charge on any atom is 0.122 e. The largest absolute Gasteiger partial charge is 0.393 e. The lowest BCUT2D eigenvalue weighted by atomic mass is 10.1. The lowest BCUT2D eigenvalue weighted by molar-refractivity contribution is -0.109. The number of rotatable bonds is 7. The van der Waals surface area contributed by atoms with E-state index in [4.69, 9.17) is 5.11 Å². The first-order chi connectivity index (χ1) is 5.31. The number of aliphatic hydroxyl groups is 1. The van der Waals surface area contributed by atoms with E-state index in [1.165, 1.54) is 19.3 Å². The summed E-state index contributed by atoms with van der Waals surface area (Å²) < 4.78 is 0. The highest BCUT2D eigenvalue weighted by Crippen LogP contribution is 2.06. The molecule has 0 rings (SSSR count). The van der Waals surface area contributed by atoms with Gasteiger partial charge in [-0.15, -0.1) is 0 Å². The van der Waals surface area contributed by atoms with Gasteiger partial charge < -0.3 is 9.90 Å². The molecule has 66 valence electrons. The van der Waals surface area contributed by atoms with Crippen LogP contribution in [0, 0.1) is 0 Å². The summed E-state index contributed by atoms with van der Waals surface area (Å²) in [5.74, 6) is 0. The van der Waals surface area contributed by atoms with Crippen molar-refractivity contribution in [3.63, 3.8) is 0 Å². The fourth-order valence-corrected chi connectivity index (χ4v) is 1.04. The van der Waals surface area contributed by atoms with E-state index < -0.39 is 6.10 Å². The minimum absolute atomic E-state index is 0.298. The SMILES string of the molecule is CCCCCC[C@H](O)CC=O. The van der Waals surface area contributed by atoms with E-state index in [1.54, 1.807) is 0 Å². The number of hydrogen-bond donors (Lipinski definition) is 1. The van der Waals surface area contributed by atoms with E-state index >= 15 is 0 Å². The highest BCUT2D eigenvalue weighted by molar-refractivity contribution is 5.49. The smallest absolute Gasteiger partial charge is 0.122 e. The third-order valence-electron chi connectivity index (χ3n) is 1.76. The van der Waals surface area contributed by atoms with Gasteiger partial charge in [-0.05, 0) is 6.42 Å². The summed E-state index contributed by atoms with van der Waals surface area (Å²) in [6.45, 7) is 2.15. The van der Waals surface area contributed by atoms with Crippen molar-refractivity contribution in [1.82, 2.24) is 0 Å². The molecule has 0 aliphatic rings. The van der Waals surface area contributed by atoms with E-state index in [-0.39, 0.29) is 0 Å². The zero-order valence-corrected chi connectivity index (χ0v) is 7.25. The maximum atomic E-state index is 9.94. The van der Waals surface area contributed by atoms with E-state index in [2.05, 4.69) is 6.92 Å². The maximum absolute atomic E-state index is 9.94. The summed E-state index contributed by atoms with van der Waals surface area (Å²) >= 11 is 0. The minimum Gasteiger partial charge on any atom is -0.393 e. The highest BCUT2D eigenvalue weighted by Gasteiger charge is 2.01. The van der Waals surface area contributed by atoms with Gasteiger partial charge >= 0.3 is 0 Å². The molecule has 2 heteroatoms. The first-order valence-corrected chi connectivity index (χ1v) is 4.43. The lowest BCUT2D eigenvalue weighted by Crippen LogP contribution is -2.06. The Bertz CT molecular complexity index is 91.6. The van der Waals surface area contributed by atoms with Crippen LogP contribution in [0.5, 0.6) is 0 Å². The standard InChI is InChI=1S/C9H18O2/c1-2-3-4-5-6-9(11)7-8-10/h8-9,11H,2-7H2,1H3/t9-/m0/s1. The average Bonchev–Trinajstić information content (AvgIpc) is 1.99. The van der Waals surface area contributed by atoms with E-state index in [1.807, 2.05) is 0 Å². The summed E-state index contributed by atoms with van der Waals surface area (Å²) in [5.41, 5.74) is 0. The number of hydrogen-bond acceptors (Lipinski definition) is 2. The molecule has 1 atom stereocenters. The topological polar surface area (TPSA) is 37.3 Å². The van der Waals surface area contributed by atoms with Gasteiger partial charge in [-0.2, -0.15) is 0 Å². The molecule has 2 nitrogen and oxygen atoms in total. The molecule has 0 amide bonds. The van der Waals surface area contributed by atoms with Gasteiger partial charge in [-0.25, -0.2) is 0 Å². The minimum atomic E-state index is -0.399. The van der Waals surface area contributed by atoms with Crippen LogP contribution < -0.4 is 0 Å². The summed E-state index contributed by atoms with van der Waals surface area (Å²) in [6, 6.07) is 0. The van der Waals surface area contributed by atoms with Crippen LogP contribution in [-0.4, -0.2) is 17.5 Å². The Morgan fingerprint density at radius 3 is 2.64 bits per heavy atom. The van der Waals surface area contributed by atoms with E-state index in [9.17, 15) is 4.79 Å². The molecule has 0 fully saturated rings. The number of unbranched alkanes of at least 4 members (excludes halogenated alkanes) is 3. The molecule has 0 aromatic heterocycles. The molecule has 0 saturated carbocycles. The highest BCUT2D eigenvalue weighted by atomic mass is 16.3. The second kappa shape index (κ2) is 7.73. The summed E-state index contributed by atoms with van der Waals surface area (Å²) in [6.07, 6.45) is 6.12. The van der Waals surface area contributed by atoms with Crippen LogP contribution in [-0.2, 0) is 4.79 Å². The summed E-state index contributed by atoms with van der Waals surface area (Å²) in [5, 5.41) is 9.12. The quantitative estimate of drug-likeness (QED) is 0.454. The third kappa shape index (κ3) is 7.53. The predicted molar refractivity (Wildman–Crippen MR) is 45.4 cm³/mol. The normalized spacial score (nSPS) is 12.9. The number of carbonyl (C=O) groups excluding carboxylic acids is 1. The predicted octanol–water partition coefficient (Wildman–Crippen LogP) is 1.91. The zero-order chi connectivity index (χ0) is 8.53. The van der Waals surface area contributed by atoms with Crippen LogP contribution in [0.4, 0.5) is 0 Å². The Hall–Kier alpha value is -0.370. The van der Waals surface area contributed by atoms with Gasteiger partial charge in [0.1, 0.15) is 6.29 Å². The molecular formula is C9H18O2. The van der Waals surface area contributed by atoms with Crippen molar-refractivity contribution in [2.24, 2.45) is 0 Å². The van der Waals surface area contributed by atoms with Gasteiger partial charge in [0.05, 0.1) is 6.10 Å². The molecule has 0 aliphatic heterocycles. The number of aliphatic hydroxyl groups excluding tert-OH is 1. The van der Waals surface area contributed by atoms with Gasteiger partial charge in [0.2, 0.25) is 0 Å². The second-order valence-electron chi connectivity index (χ2n) is 2.91. The van der Waals surface area contributed by atoms with Crippen LogP contribution in [0.3, 0.4) is 0 Å². The molecular weight excluding hydrogens is 140 g/mol. The molecule has 0 spiro atoms. The third-order valence-corrected chi connectivity index (χ3v) is 1.76. The summed E-state index contributed by atoms with van der Waals surface area (Å²) in [7, 11) is 0. The van der Waals surface area contributed by atoms with Crippen molar-refractivity contribution < 1.29 is 9.90 Å². The molecule has 0 heterocycles. The Kier molecular flexibility index (Phi) is 7.47. The monoisotopic (exact) mass is 158 g/mol. The molecule has 1 N–H and O–H groups in total. The van der Waals surface area contributed by atoms with Gasteiger partial charge in [0.15, 0.2) is 0 Å². The van der Waals surface area contributed by atoms with Crippen LogP contribution in [0.2, 0.25) is 0 Å². The molecule has 0 aromatic carbocycles. The van der Waals surface area contributed by atoms with E-state index in [0.717, 1.165) is 19.1 Å². The van der Waals surface area contributed by atoms with Crippen LogP contribution in [0.1, 0.15) is 45.4 Å². The van der Waals surface area contributed by atoms with Crippen LogP contribution >= 0.6 is 0 Å². The molecule has 11 heavy (non-hydrogen) atoms. The second-order valence-corrected chi connectivity index (χ2v) is 2.91. The van der Waals surface area contributed by atoms with E-state index in [0.29, 0.717) is 6.42 Å². The molecule has 0 radical (unpaired) electrons. The van der Waals surface area contributed by atoms with Gasteiger partial charge in [0, 0.05) is 6.42 Å². The van der Waals surface area contributed by atoms with Crippen molar-refractivity contribution in [2.45, 2.75) is 51.6 Å². The Morgan fingerprint density at radius 1 is 1.36 bits per heavy atom. The first kappa shape index (κ1) is 10.6. The van der Waals surface area contributed by atoms with Crippen molar-refractivity contribution >= 4 is 6.29 Å². The van der Waals surface area contributed by atoms with Crippen molar-refractivity contribution in [3.05, 3.63) is 0 Å². The Labute approximate surface area is 68.6 Å². The molecule has 0 aromatic rings. The molecule has 0 saturated heterocycles. The fourth-order valence-electron chi connectivity index (χ4n) is 1.04. The number of carbonyl (C=O) groups is 1. The first-order valence-electron chi connectivity index (χ1n) is 4.43. The van der Waals surface area contributed by atoms with Crippen molar-refractivity contribution in [2.75, 3.05) is 0 Å². The van der Waals surface area contributed by atoms with Crippen molar-refractivity contribution in [1.29, 1.82) is 0 Å². The van der Waals surface area contributed by atoms with Gasteiger partial charge in [0.25, 0.3) is 0 Å². The zero-order valence-electron chi connectivity index (χ0n) is 7.25. The van der Waals surface area contributed by atoms with Gasteiger partial charge in [-0.3, -0.25) is 0 Å². The average molecular weight is 158 g/mol. The Balaban J connectivity index is 3.03. The number of aldehydes is 1. The lowest BCUT2D eigenvalue weighted by Gasteiger charge is -2.04. The summed E-state index contributed by atoms with van der Waals surface area (Å²) in [4.78, 5) is 9.94. The Morgan fingerprint density at radius 2 is 2.09 bits per heavy atom. The van der Waals surface area contributed by atoms with Crippen LogP contribution in [0.15, 0.2) is 0 Å². The fraction of sp³-hybridized carbons (Fsp3) is 0.889. The molecule has 0 aliphatic carbocycles.